The number of amides is 5. The Balaban J connectivity index is 1.02. The predicted octanol–water partition coefficient (Wildman–Crippen LogP) is 5.31. The minimum atomic E-state index is -1.25. The van der Waals surface area contributed by atoms with Crippen LogP contribution < -0.4 is 37.3 Å². The summed E-state index contributed by atoms with van der Waals surface area (Å²) in [4.78, 5) is 109. The molecular formula is C63H95ClN8O14S. The number of Topliss-reactive ketones (excluding diaryl/α,β-unsaturated/α-hetero) is 1. The molecule has 2 saturated heterocycles. The van der Waals surface area contributed by atoms with Gasteiger partial charge in [-0.05, 0) is 93.8 Å². The molecule has 2 fully saturated rings. The molecule has 0 spiro atoms. The Morgan fingerprint density at radius 2 is 1.61 bits per heavy atom. The molecule has 24 heteroatoms. The zero-order valence-corrected chi connectivity index (χ0v) is 53.9. The lowest BCUT2D eigenvalue weighted by Crippen LogP contribution is -2.51. The van der Waals surface area contributed by atoms with E-state index in [0.29, 0.717) is 81.5 Å². The highest BCUT2D eigenvalue weighted by Gasteiger charge is 2.48. The minimum Gasteiger partial charge on any atom is -0.495 e. The van der Waals surface area contributed by atoms with Crippen molar-refractivity contribution < 1.29 is 66.8 Å². The van der Waals surface area contributed by atoms with Crippen LogP contribution >= 0.6 is 23.4 Å². The number of cyclic esters (lactones) is 2. The topological polar surface area (TPSA) is 288 Å². The molecule has 0 unspecified atom stereocenters. The van der Waals surface area contributed by atoms with Gasteiger partial charge in [0.2, 0.25) is 29.5 Å². The highest BCUT2D eigenvalue weighted by molar-refractivity contribution is 8.01. The second-order valence-electron chi connectivity index (χ2n) is 24.3. The van der Waals surface area contributed by atoms with Crippen molar-refractivity contribution in [1.29, 1.82) is 0 Å². The largest absolute Gasteiger partial charge is 0.495 e. The summed E-state index contributed by atoms with van der Waals surface area (Å²) in [7, 11) is 1.50. The molecule has 7 N–H and O–H groups in total. The molecule has 0 aliphatic carbocycles. The van der Waals surface area contributed by atoms with E-state index < -0.39 is 53.5 Å². The fraction of sp³-hybridized carbons (Fsp3) is 0.651. The van der Waals surface area contributed by atoms with Gasteiger partial charge in [-0.2, -0.15) is 0 Å². The Labute approximate surface area is 522 Å². The number of ketones is 1. The fourth-order valence-electron chi connectivity index (χ4n) is 9.85. The average molecular weight is 1260 g/mol. The Morgan fingerprint density at radius 3 is 2.28 bits per heavy atom. The number of epoxide rings is 1. The molecular weight excluding hydrogens is 1160 g/mol. The lowest BCUT2D eigenvalue weighted by atomic mass is 9.92. The second kappa shape index (κ2) is 36.1. The van der Waals surface area contributed by atoms with E-state index in [0.717, 1.165) is 37.1 Å². The summed E-state index contributed by atoms with van der Waals surface area (Å²) in [6, 6.07) is 11.8. The van der Waals surface area contributed by atoms with Crippen LogP contribution in [0, 0.1) is 17.3 Å². The predicted molar refractivity (Wildman–Crippen MR) is 332 cm³/mol. The first kappa shape index (κ1) is 72.1. The number of esters is 2. The maximum Gasteiger partial charge on any atom is 0.347 e. The first-order chi connectivity index (χ1) is 41.4. The maximum absolute atomic E-state index is 14.0. The number of hydrogen-bond donors (Lipinski definition) is 6. The normalized spacial score (nSPS) is 21.6. The quantitative estimate of drug-likeness (QED) is 0.0234. The molecule has 22 nitrogen and oxygen atoms in total. The summed E-state index contributed by atoms with van der Waals surface area (Å²) in [5.41, 5.74) is 12.4. The highest BCUT2D eigenvalue weighted by Crippen LogP contribution is 2.45. The zero-order valence-electron chi connectivity index (χ0n) is 52.3. The second-order valence-corrected chi connectivity index (χ2v) is 26.4. The third-order valence-electron chi connectivity index (χ3n) is 15.5. The third-order valence-corrected chi connectivity index (χ3v) is 17.2. The highest BCUT2D eigenvalue weighted by atomic mass is 35.5. The van der Waals surface area contributed by atoms with Crippen molar-refractivity contribution in [1.82, 2.24) is 36.6 Å². The number of nitrogens with one attached hydrogen (secondary N) is 5. The van der Waals surface area contributed by atoms with Crippen molar-refractivity contribution in [3.8, 4) is 5.75 Å². The van der Waals surface area contributed by atoms with Crippen molar-refractivity contribution >= 4 is 70.6 Å². The van der Waals surface area contributed by atoms with Gasteiger partial charge in [-0.15, -0.1) is 11.8 Å². The van der Waals surface area contributed by atoms with E-state index in [9.17, 15) is 38.4 Å². The molecule has 87 heavy (non-hydrogen) atoms. The number of nitrogens with two attached hydrogens (primary N) is 1. The average Bonchev–Trinajstić information content (AvgIpc) is 1.75. The molecule has 2 aromatic carbocycles. The van der Waals surface area contributed by atoms with E-state index >= 15 is 0 Å². The van der Waals surface area contributed by atoms with E-state index in [4.69, 9.17) is 45.8 Å². The molecule has 0 aromatic heterocycles. The fourth-order valence-corrected chi connectivity index (χ4v) is 11.0. The number of piperazine rings is 1. The number of thioether (sulfide) groups is 1. The van der Waals surface area contributed by atoms with Gasteiger partial charge in [0, 0.05) is 75.7 Å². The number of nitrogens with zero attached hydrogens (tertiary/aromatic N) is 2. The van der Waals surface area contributed by atoms with E-state index in [-0.39, 0.29) is 103 Å². The zero-order chi connectivity index (χ0) is 63.7. The molecule has 5 rings (SSSR count). The van der Waals surface area contributed by atoms with Gasteiger partial charge < -0.3 is 55.0 Å². The van der Waals surface area contributed by atoms with Crippen LogP contribution in [0.5, 0.6) is 5.75 Å². The number of hydrazine groups is 1. The van der Waals surface area contributed by atoms with Gasteiger partial charge >= 0.3 is 11.9 Å². The summed E-state index contributed by atoms with van der Waals surface area (Å²) in [6.07, 6.45) is 4.11. The number of carbonyl (C=O) groups excluding carboxylic acids is 8. The Morgan fingerprint density at radius 1 is 0.908 bits per heavy atom. The monoisotopic (exact) mass is 1250 g/mol. The molecule has 0 saturated carbocycles. The first-order valence-electron chi connectivity index (χ1n) is 30.4. The van der Waals surface area contributed by atoms with Crippen LogP contribution in [0.2, 0.25) is 5.02 Å². The Hall–Kier alpha value is -5.66. The number of ether oxygens (including phenoxy) is 6. The number of benzene rings is 2. The molecule has 484 valence electrons. The van der Waals surface area contributed by atoms with Crippen molar-refractivity contribution in [2.75, 3.05) is 85.1 Å². The SMILES string of the molecule is COc1ccc(C[C@H]2NC(=O)/C=C/C[C@@H]([C@H](C)[C@H]3O[C@@H]3c3ccc(CN4CCN(C(=O)CCC(C)(C)SCC(=O)NCCOCCOCCC(=O)NN[C@@H](CCCCN)C(C)=O)CC4)cc3)OC(=O)[C@H](CC(C)C)OC(=O)C(C)(C)CNC2=O)cc1Cl. The van der Waals surface area contributed by atoms with Crippen LogP contribution in [0.4, 0.5) is 0 Å². The van der Waals surface area contributed by atoms with Gasteiger partial charge in [-0.3, -0.25) is 43.9 Å². The van der Waals surface area contributed by atoms with Crippen LogP contribution in [0.3, 0.4) is 0 Å². The van der Waals surface area contributed by atoms with Gasteiger partial charge in [0.1, 0.15) is 29.8 Å². The lowest BCUT2D eigenvalue weighted by molar-refractivity contribution is -0.179. The Bertz CT molecular complexity index is 2620. The smallest absolute Gasteiger partial charge is 0.347 e. The van der Waals surface area contributed by atoms with Crippen LogP contribution in [0.25, 0.3) is 0 Å². The van der Waals surface area contributed by atoms with Gasteiger partial charge in [-0.1, -0.05) is 89.0 Å². The number of carbonyl (C=O) groups is 8. The summed E-state index contributed by atoms with van der Waals surface area (Å²) < 4.78 is 34.4. The van der Waals surface area contributed by atoms with Crippen molar-refractivity contribution in [2.45, 2.75) is 161 Å². The van der Waals surface area contributed by atoms with E-state index in [2.05, 4.69) is 43.8 Å². The van der Waals surface area contributed by atoms with Crippen molar-refractivity contribution in [3.63, 3.8) is 0 Å². The molecule has 7 atom stereocenters. The van der Waals surface area contributed by atoms with Crippen molar-refractivity contribution in [3.05, 3.63) is 76.3 Å². The van der Waals surface area contributed by atoms with Crippen LogP contribution in [-0.2, 0) is 75.0 Å². The first-order valence-corrected chi connectivity index (χ1v) is 31.8. The van der Waals surface area contributed by atoms with Crippen LogP contribution in [0.1, 0.15) is 130 Å². The molecule has 3 heterocycles. The third kappa shape index (κ3) is 25.4. The summed E-state index contributed by atoms with van der Waals surface area (Å²) >= 11 is 7.91. The summed E-state index contributed by atoms with van der Waals surface area (Å²) in [5, 5.41) is 8.80. The number of methoxy groups -OCH3 is 1. The number of hydrogen-bond acceptors (Lipinski definition) is 18. The molecule has 5 amide bonds. The lowest BCUT2D eigenvalue weighted by Gasteiger charge is -2.35. The number of rotatable bonds is 32. The van der Waals surface area contributed by atoms with Gasteiger partial charge in [0.25, 0.3) is 0 Å². The van der Waals surface area contributed by atoms with Crippen molar-refractivity contribution in [2.24, 2.45) is 23.0 Å². The molecule has 0 radical (unpaired) electrons. The van der Waals surface area contributed by atoms with E-state index in [1.165, 1.54) is 31.9 Å². The molecule has 2 aromatic rings. The maximum atomic E-state index is 14.0. The van der Waals surface area contributed by atoms with Gasteiger partial charge in [0.15, 0.2) is 6.10 Å². The van der Waals surface area contributed by atoms with Gasteiger partial charge in [0.05, 0.1) is 68.3 Å². The number of halogens is 1. The minimum absolute atomic E-state index is 0.0318. The van der Waals surface area contributed by atoms with Crippen LogP contribution in [-0.4, -0.2) is 177 Å². The van der Waals surface area contributed by atoms with E-state index in [1.807, 2.05) is 51.7 Å². The van der Waals surface area contributed by atoms with E-state index in [1.54, 1.807) is 38.1 Å². The Kier molecular flexibility index (Phi) is 29.9. The molecule has 3 aliphatic heterocycles. The van der Waals surface area contributed by atoms with Crippen LogP contribution in [0.15, 0.2) is 54.6 Å². The summed E-state index contributed by atoms with van der Waals surface area (Å²) in [5.74, 6) is -2.46. The number of unbranched alkanes of at least 4 members (excludes halogenated alkanes) is 1. The molecule has 0 bridgehead atoms. The molecule has 3 aliphatic rings. The summed E-state index contributed by atoms with van der Waals surface area (Å²) in [6.45, 7) is 19.8. The standard InChI is InChI=1S/C63H95ClN8O14S/c1-41(2)35-52-60(79)84-50(14-12-15-53(74)68-49(37-45-18-21-51(81-9)47(64)36-45)59(78)67-40-62(5,6)61(80)85-52)42(3)57-58(86-57)46-19-16-44(17-20-46)38-71-27-29-72(30-28-71)56(77)22-24-63(7,8)87-39-55(76)66-26-32-83-34-33-82-31-23-54(75)70-69-48(43(4)73)13-10-11-25-65/h12,15-21,36,41-42,48-50,52,57-58,69H,10-11,13-14,22-35,37-40,65H2,1-9H3,(H,66,76)(H,67,78)(H,68,74)(H,70,75)/b15-12+/t42-,48-,49+,50-,52-,57+,58+/m0/s1. The van der Waals surface area contributed by atoms with Gasteiger partial charge in [-0.25, -0.2) is 10.2 Å².